The van der Waals surface area contributed by atoms with Crippen molar-refractivity contribution in [2.24, 2.45) is 14.9 Å². The first-order valence-electron chi connectivity index (χ1n) is 9.57. The van der Waals surface area contributed by atoms with Crippen LogP contribution in [0.25, 0.3) is 0 Å². The van der Waals surface area contributed by atoms with E-state index in [1.807, 2.05) is 57.3 Å². The monoisotopic (exact) mass is 448 g/mol. The molecule has 2 aromatic carbocycles. The van der Waals surface area contributed by atoms with Crippen LogP contribution >= 0.6 is 11.6 Å². The van der Waals surface area contributed by atoms with Gasteiger partial charge in [0.25, 0.3) is 10.0 Å². The molecule has 0 fully saturated rings. The molecule has 0 aromatic heterocycles. The van der Waals surface area contributed by atoms with Crippen LogP contribution < -0.4 is 10.2 Å². The first-order valence-corrected chi connectivity index (χ1v) is 11.4. The molecule has 1 aliphatic rings. The Kier molecular flexibility index (Phi) is 6.67. The van der Waals surface area contributed by atoms with Crippen molar-refractivity contribution in [2.75, 3.05) is 6.54 Å². The standard InChI is InChI=1S/C21H25ClN4O3S/c1-4-20(24-26-15-21(2,3)14-23-26)25-30(27,28)19-11-17(22)10-18(12-19)29-13-16-8-6-5-7-9-16/h5-12,14H,4,13,15H2,1-3H3,(H,24,25). The fourth-order valence-electron chi connectivity index (χ4n) is 2.78. The maximum Gasteiger partial charge on any atom is 0.284 e. The van der Waals surface area contributed by atoms with Crippen molar-refractivity contribution in [1.29, 1.82) is 0 Å². The smallest absolute Gasteiger partial charge is 0.284 e. The van der Waals surface area contributed by atoms with E-state index in [0.717, 1.165) is 5.56 Å². The minimum Gasteiger partial charge on any atom is -0.489 e. The van der Waals surface area contributed by atoms with Crippen molar-refractivity contribution in [3.8, 4) is 5.75 Å². The van der Waals surface area contributed by atoms with Gasteiger partial charge < -0.3 is 4.74 Å². The highest BCUT2D eigenvalue weighted by Crippen LogP contribution is 2.26. The zero-order valence-electron chi connectivity index (χ0n) is 17.2. The highest BCUT2D eigenvalue weighted by molar-refractivity contribution is 7.90. The third kappa shape index (κ3) is 5.96. The molecule has 0 radical (unpaired) electrons. The van der Waals surface area contributed by atoms with Crippen molar-refractivity contribution in [1.82, 2.24) is 10.5 Å². The highest BCUT2D eigenvalue weighted by atomic mass is 35.5. The normalized spacial score (nSPS) is 16.0. The summed E-state index contributed by atoms with van der Waals surface area (Å²) in [7, 11) is -3.99. The maximum absolute atomic E-state index is 12.9. The molecule has 30 heavy (non-hydrogen) atoms. The summed E-state index contributed by atoms with van der Waals surface area (Å²) in [5, 5.41) is 6.08. The Labute approximate surface area is 182 Å². The molecule has 0 saturated heterocycles. The molecule has 0 spiro atoms. The van der Waals surface area contributed by atoms with Crippen LogP contribution in [-0.4, -0.2) is 32.1 Å². The van der Waals surface area contributed by atoms with Gasteiger partial charge in [-0.2, -0.15) is 13.5 Å². The zero-order valence-corrected chi connectivity index (χ0v) is 18.7. The van der Waals surface area contributed by atoms with Crippen molar-refractivity contribution in [2.45, 2.75) is 38.7 Å². The minimum absolute atomic E-state index is 0.0314. The van der Waals surface area contributed by atoms with Gasteiger partial charge in [0.1, 0.15) is 18.2 Å². The van der Waals surface area contributed by atoms with Gasteiger partial charge in [0, 0.05) is 29.1 Å². The largest absolute Gasteiger partial charge is 0.489 e. The van der Waals surface area contributed by atoms with E-state index >= 15 is 0 Å². The molecule has 1 aliphatic heterocycles. The predicted molar refractivity (Wildman–Crippen MR) is 119 cm³/mol. The van der Waals surface area contributed by atoms with E-state index < -0.39 is 10.0 Å². The van der Waals surface area contributed by atoms with Crippen LogP contribution in [0.15, 0.2) is 62.9 Å². The summed E-state index contributed by atoms with van der Waals surface area (Å²) >= 11 is 6.14. The van der Waals surface area contributed by atoms with Gasteiger partial charge in [0.05, 0.1) is 11.4 Å². The number of halogens is 1. The first kappa shape index (κ1) is 22.1. The van der Waals surface area contributed by atoms with Gasteiger partial charge in [-0.25, -0.2) is 5.12 Å². The first-order chi connectivity index (χ1) is 14.2. The van der Waals surface area contributed by atoms with Crippen LogP contribution in [0.5, 0.6) is 5.75 Å². The lowest BCUT2D eigenvalue weighted by Crippen LogP contribution is -2.39. The summed E-state index contributed by atoms with van der Waals surface area (Å²) in [5.74, 6) is 0.647. The summed E-state index contributed by atoms with van der Waals surface area (Å²) < 4.78 is 35.5. The number of ether oxygens (including phenoxy) is 1. The number of rotatable bonds is 7. The predicted octanol–water partition coefficient (Wildman–Crippen LogP) is 4.25. The Morgan fingerprint density at radius 3 is 2.63 bits per heavy atom. The van der Waals surface area contributed by atoms with Gasteiger partial charge in [0.15, 0.2) is 0 Å². The molecule has 0 saturated carbocycles. The minimum atomic E-state index is -3.99. The molecule has 2 aromatic rings. The third-order valence-electron chi connectivity index (χ3n) is 4.32. The zero-order chi connectivity index (χ0) is 21.8. The second-order valence-electron chi connectivity index (χ2n) is 7.67. The molecule has 1 N–H and O–H groups in total. The Bertz CT molecular complexity index is 1050. The molecular weight excluding hydrogens is 424 g/mol. The highest BCUT2D eigenvalue weighted by Gasteiger charge is 2.26. The molecule has 160 valence electrons. The van der Waals surface area contributed by atoms with Gasteiger partial charge in [-0.3, -0.25) is 5.43 Å². The lowest BCUT2D eigenvalue weighted by molar-refractivity contribution is 0.228. The van der Waals surface area contributed by atoms with E-state index in [-0.39, 0.29) is 21.2 Å². The number of nitrogens with one attached hydrogen (secondary N) is 1. The average molecular weight is 449 g/mol. The van der Waals surface area contributed by atoms with E-state index in [1.54, 1.807) is 11.2 Å². The SMILES string of the molecule is CCC(=NS(=O)(=O)c1cc(Cl)cc(OCc2ccccc2)c1)NN1CC(C)(C)C=N1. The molecule has 7 nitrogen and oxygen atoms in total. The van der Waals surface area contributed by atoms with E-state index in [0.29, 0.717) is 25.3 Å². The summed E-state index contributed by atoms with van der Waals surface area (Å²) in [6, 6.07) is 13.9. The lowest BCUT2D eigenvalue weighted by atomic mass is 9.97. The van der Waals surface area contributed by atoms with E-state index in [2.05, 4.69) is 14.9 Å². The fraction of sp³-hybridized carbons (Fsp3) is 0.333. The number of hydrazone groups is 1. The number of benzene rings is 2. The Hall–Kier alpha value is -2.58. The number of hydrazine groups is 1. The number of hydrogen-bond acceptors (Lipinski definition) is 5. The Morgan fingerprint density at radius 1 is 1.27 bits per heavy atom. The Morgan fingerprint density at radius 2 is 2.00 bits per heavy atom. The van der Waals surface area contributed by atoms with E-state index in [4.69, 9.17) is 16.3 Å². The molecule has 1 heterocycles. The maximum atomic E-state index is 12.9. The van der Waals surface area contributed by atoms with Gasteiger partial charge >= 0.3 is 0 Å². The van der Waals surface area contributed by atoms with Crippen LogP contribution in [0.1, 0.15) is 32.8 Å². The van der Waals surface area contributed by atoms with E-state index in [1.165, 1.54) is 12.1 Å². The van der Waals surface area contributed by atoms with Crippen LogP contribution in [0.3, 0.4) is 0 Å². The van der Waals surface area contributed by atoms with Crippen LogP contribution in [-0.2, 0) is 16.6 Å². The number of amidine groups is 1. The summed E-state index contributed by atoms with van der Waals surface area (Å²) in [6.07, 6.45) is 2.21. The van der Waals surface area contributed by atoms with Crippen molar-refractivity contribution < 1.29 is 13.2 Å². The Balaban J connectivity index is 1.78. The lowest BCUT2D eigenvalue weighted by Gasteiger charge is -2.21. The molecule has 0 atom stereocenters. The fourth-order valence-corrected chi connectivity index (χ4v) is 4.18. The molecule has 9 heteroatoms. The van der Waals surface area contributed by atoms with Crippen molar-refractivity contribution in [3.63, 3.8) is 0 Å². The van der Waals surface area contributed by atoms with Gasteiger partial charge in [-0.1, -0.05) is 62.7 Å². The summed E-state index contributed by atoms with van der Waals surface area (Å²) in [5.41, 5.74) is 3.83. The summed E-state index contributed by atoms with van der Waals surface area (Å²) in [6.45, 7) is 6.81. The third-order valence-corrected chi connectivity index (χ3v) is 5.83. The van der Waals surface area contributed by atoms with E-state index in [9.17, 15) is 8.42 Å². The van der Waals surface area contributed by atoms with Crippen LogP contribution in [0.4, 0.5) is 0 Å². The second kappa shape index (κ2) is 9.06. The van der Waals surface area contributed by atoms with Crippen molar-refractivity contribution >= 4 is 33.7 Å². The number of sulfonamides is 1. The molecular formula is C21H25ClN4O3S. The molecule has 0 aliphatic carbocycles. The molecule has 3 rings (SSSR count). The average Bonchev–Trinajstić information content (AvgIpc) is 3.04. The number of hydrogen-bond donors (Lipinski definition) is 1. The van der Waals surface area contributed by atoms with Crippen LogP contribution in [0, 0.1) is 5.41 Å². The summed E-state index contributed by atoms with van der Waals surface area (Å²) in [4.78, 5) is -0.0314. The van der Waals surface area contributed by atoms with Crippen molar-refractivity contribution in [3.05, 3.63) is 59.1 Å². The molecule has 0 amide bonds. The number of nitrogens with zero attached hydrogens (tertiary/aromatic N) is 3. The second-order valence-corrected chi connectivity index (χ2v) is 9.71. The quantitative estimate of drug-likeness (QED) is 0.505. The molecule has 0 bridgehead atoms. The molecule has 0 unspecified atom stereocenters. The van der Waals surface area contributed by atoms with Gasteiger partial charge in [0.2, 0.25) is 0 Å². The van der Waals surface area contributed by atoms with Gasteiger partial charge in [-0.15, -0.1) is 4.40 Å². The topological polar surface area (TPSA) is 83.4 Å². The van der Waals surface area contributed by atoms with Gasteiger partial charge in [-0.05, 0) is 17.7 Å². The van der Waals surface area contributed by atoms with Crippen LogP contribution in [0.2, 0.25) is 5.02 Å².